The normalized spacial score (nSPS) is 11.0. The van der Waals surface area contributed by atoms with Gasteiger partial charge in [-0.15, -0.1) is 0 Å². The van der Waals surface area contributed by atoms with E-state index >= 15 is 0 Å². The van der Waals surface area contributed by atoms with Gasteiger partial charge in [-0.05, 0) is 48.0 Å². The van der Waals surface area contributed by atoms with E-state index in [4.69, 9.17) is 4.42 Å². The van der Waals surface area contributed by atoms with E-state index in [1.54, 1.807) is 18.2 Å². The van der Waals surface area contributed by atoms with E-state index in [1.807, 2.05) is 22.6 Å². The zero-order valence-electron chi connectivity index (χ0n) is 15.3. The second kappa shape index (κ2) is 7.79. The number of carbonyl (C=O) groups excluding carboxylic acids is 1. The summed E-state index contributed by atoms with van der Waals surface area (Å²) in [5.41, 5.74) is 1.90. The molecule has 0 aromatic heterocycles. The molecule has 2 aromatic carbocycles. The van der Waals surface area contributed by atoms with E-state index in [9.17, 15) is 24.6 Å². The summed E-state index contributed by atoms with van der Waals surface area (Å²) in [6.07, 6.45) is 0. The van der Waals surface area contributed by atoms with E-state index < -0.39 is 5.97 Å². The molecule has 1 amide bonds. The van der Waals surface area contributed by atoms with Gasteiger partial charge in [-0.2, -0.15) is 0 Å². The second-order valence-corrected chi connectivity index (χ2v) is 7.33. The van der Waals surface area contributed by atoms with Crippen LogP contribution < -0.4 is 10.7 Å². The summed E-state index contributed by atoms with van der Waals surface area (Å²) in [4.78, 5) is 35.7. The predicted octanol–water partition coefficient (Wildman–Crippen LogP) is 4.34. The number of phenolic OH excluding ortho intramolecular Hbond substituents is 1. The lowest BCUT2D eigenvalue weighted by atomic mass is 9.90. The molecule has 150 valence electrons. The van der Waals surface area contributed by atoms with Crippen LogP contribution in [0.3, 0.4) is 0 Å². The standard InChI is InChI=1S/C22H14INO6/c23-10-20(27)24-11-1-4-14(22(28)29)17(7-11)21-15-5-2-12(25)8-18(15)30-19-9-13(26)3-6-16(19)21/h1-9,25H,10H2,(H,24,27)(H,28,29). The molecule has 0 saturated carbocycles. The highest BCUT2D eigenvalue weighted by molar-refractivity contribution is 14.1. The topological polar surface area (TPSA) is 117 Å². The summed E-state index contributed by atoms with van der Waals surface area (Å²) in [6, 6.07) is 13.3. The van der Waals surface area contributed by atoms with Gasteiger partial charge in [0.25, 0.3) is 0 Å². The Morgan fingerprint density at radius 3 is 2.53 bits per heavy atom. The number of amides is 1. The molecule has 0 spiro atoms. The number of carbonyl (C=O) groups is 2. The van der Waals surface area contributed by atoms with Gasteiger partial charge >= 0.3 is 5.97 Å². The maximum absolute atomic E-state index is 12.0. The number of alkyl halides is 1. The maximum Gasteiger partial charge on any atom is 0.336 e. The van der Waals surface area contributed by atoms with Gasteiger partial charge in [0, 0.05) is 34.3 Å². The van der Waals surface area contributed by atoms with Crippen molar-refractivity contribution in [1.29, 1.82) is 0 Å². The van der Waals surface area contributed by atoms with Crippen molar-refractivity contribution in [3.05, 3.63) is 70.4 Å². The Labute approximate surface area is 183 Å². The first-order valence-corrected chi connectivity index (χ1v) is 10.3. The molecule has 3 N–H and O–H groups in total. The SMILES string of the molecule is O=C(CI)Nc1ccc(C(=O)O)c(-c2c3ccc(=O)cc-3oc3cc(O)ccc23)c1. The van der Waals surface area contributed by atoms with Gasteiger partial charge in [0.05, 0.1) is 9.99 Å². The number of benzene rings is 3. The Morgan fingerprint density at radius 1 is 1.00 bits per heavy atom. The maximum atomic E-state index is 12.0. The Hall–Kier alpha value is -3.40. The van der Waals surface area contributed by atoms with Gasteiger partial charge < -0.3 is 19.9 Å². The van der Waals surface area contributed by atoms with Gasteiger partial charge in [-0.25, -0.2) is 4.79 Å². The zero-order chi connectivity index (χ0) is 21.4. The quantitative estimate of drug-likeness (QED) is 0.212. The van der Waals surface area contributed by atoms with Crippen molar-refractivity contribution >= 4 is 51.1 Å². The zero-order valence-corrected chi connectivity index (χ0v) is 17.5. The van der Waals surface area contributed by atoms with Crippen molar-refractivity contribution in [2.45, 2.75) is 0 Å². The fraction of sp³-hybridized carbons (Fsp3) is 0.0455. The molecular weight excluding hydrogens is 501 g/mol. The van der Waals surface area contributed by atoms with E-state index in [-0.39, 0.29) is 32.8 Å². The van der Waals surface area contributed by atoms with Crippen LogP contribution >= 0.6 is 22.6 Å². The van der Waals surface area contributed by atoms with Crippen molar-refractivity contribution in [2.75, 3.05) is 9.74 Å². The second-order valence-electron chi connectivity index (χ2n) is 6.56. The van der Waals surface area contributed by atoms with Crippen LogP contribution in [0.5, 0.6) is 5.75 Å². The third kappa shape index (κ3) is 3.61. The molecule has 0 radical (unpaired) electrons. The number of aromatic carboxylic acids is 1. The largest absolute Gasteiger partial charge is 0.508 e. The smallest absolute Gasteiger partial charge is 0.336 e. The number of hydrogen-bond donors (Lipinski definition) is 3. The van der Waals surface area contributed by atoms with Gasteiger partial charge in [-0.3, -0.25) is 9.59 Å². The van der Waals surface area contributed by atoms with Crippen LogP contribution in [0.2, 0.25) is 0 Å². The molecule has 7 nitrogen and oxygen atoms in total. The molecule has 0 atom stereocenters. The van der Waals surface area contributed by atoms with Crippen LogP contribution in [0.15, 0.2) is 63.8 Å². The summed E-state index contributed by atoms with van der Waals surface area (Å²) >= 11 is 1.93. The Balaban J connectivity index is 2.11. The molecule has 8 heteroatoms. The van der Waals surface area contributed by atoms with Crippen molar-refractivity contribution in [2.24, 2.45) is 0 Å². The molecule has 4 rings (SSSR count). The number of rotatable bonds is 4. The van der Waals surface area contributed by atoms with Gasteiger partial charge in [0.2, 0.25) is 5.91 Å². The fourth-order valence-corrected chi connectivity index (χ4v) is 3.55. The molecular formula is C22H14INO6. The van der Waals surface area contributed by atoms with Crippen molar-refractivity contribution < 1.29 is 24.2 Å². The van der Waals surface area contributed by atoms with Crippen LogP contribution in [0.1, 0.15) is 10.4 Å². The fourth-order valence-electron chi connectivity index (χ4n) is 3.36. The lowest BCUT2D eigenvalue weighted by Gasteiger charge is -2.17. The van der Waals surface area contributed by atoms with Crippen LogP contribution in [0.25, 0.3) is 33.4 Å². The van der Waals surface area contributed by atoms with E-state index in [0.29, 0.717) is 33.3 Å². The first-order valence-electron chi connectivity index (χ1n) is 8.80. The first kappa shape index (κ1) is 19.9. The summed E-state index contributed by atoms with van der Waals surface area (Å²) in [5.74, 6) is -1.13. The summed E-state index contributed by atoms with van der Waals surface area (Å²) < 4.78 is 6.05. The molecule has 0 bridgehead atoms. The average molecular weight is 515 g/mol. The van der Waals surface area contributed by atoms with E-state index in [1.165, 1.54) is 36.4 Å². The molecule has 30 heavy (non-hydrogen) atoms. The van der Waals surface area contributed by atoms with Gasteiger partial charge in [-0.1, -0.05) is 22.6 Å². The number of carboxylic acid groups (broad SMARTS) is 1. The van der Waals surface area contributed by atoms with Crippen molar-refractivity contribution in [3.8, 4) is 28.2 Å². The number of aromatic hydroxyl groups is 1. The third-order valence-corrected chi connectivity index (χ3v) is 5.29. The Bertz CT molecular complexity index is 1340. The summed E-state index contributed by atoms with van der Waals surface area (Å²) in [5, 5.41) is 22.9. The highest BCUT2D eigenvalue weighted by Gasteiger charge is 2.22. The third-order valence-electron chi connectivity index (χ3n) is 4.60. The molecule has 0 fully saturated rings. The monoisotopic (exact) mass is 515 g/mol. The molecule has 1 heterocycles. The number of anilines is 1. The van der Waals surface area contributed by atoms with Crippen LogP contribution in [0, 0.1) is 0 Å². The minimum Gasteiger partial charge on any atom is -0.508 e. The summed E-state index contributed by atoms with van der Waals surface area (Å²) in [7, 11) is 0. The summed E-state index contributed by atoms with van der Waals surface area (Å²) in [6.45, 7) is 0. The number of halogens is 1. The predicted molar refractivity (Wildman–Crippen MR) is 121 cm³/mol. The van der Waals surface area contributed by atoms with Crippen LogP contribution in [-0.4, -0.2) is 26.5 Å². The van der Waals surface area contributed by atoms with Gasteiger partial charge in [0.1, 0.15) is 17.1 Å². The molecule has 2 aromatic rings. The Kier molecular flexibility index (Phi) is 5.17. The number of phenols is 1. The minimum absolute atomic E-state index is 0.0237. The lowest BCUT2D eigenvalue weighted by molar-refractivity contribution is -0.113. The minimum atomic E-state index is -1.14. The van der Waals surface area contributed by atoms with Crippen LogP contribution in [-0.2, 0) is 4.79 Å². The highest BCUT2D eigenvalue weighted by Crippen LogP contribution is 2.42. The van der Waals surface area contributed by atoms with E-state index in [2.05, 4.69) is 5.32 Å². The number of nitrogens with one attached hydrogen (secondary N) is 1. The molecule has 0 saturated heterocycles. The molecule has 1 aliphatic heterocycles. The highest BCUT2D eigenvalue weighted by atomic mass is 127. The molecule has 1 aliphatic carbocycles. The van der Waals surface area contributed by atoms with E-state index in [0.717, 1.165) is 0 Å². The number of hydrogen-bond acceptors (Lipinski definition) is 5. The molecule has 0 unspecified atom stereocenters. The average Bonchev–Trinajstić information content (AvgIpc) is 2.71. The van der Waals surface area contributed by atoms with Crippen molar-refractivity contribution in [1.82, 2.24) is 0 Å². The van der Waals surface area contributed by atoms with Gasteiger partial charge in [0.15, 0.2) is 5.43 Å². The Morgan fingerprint density at radius 2 is 1.80 bits per heavy atom. The molecule has 2 aliphatic rings. The number of fused-ring (bicyclic) bond motifs is 2. The van der Waals surface area contributed by atoms with Crippen molar-refractivity contribution in [3.63, 3.8) is 0 Å². The number of carboxylic acids is 1. The first-order chi connectivity index (χ1) is 14.4. The lowest BCUT2D eigenvalue weighted by Crippen LogP contribution is -2.13. The van der Waals surface area contributed by atoms with Crippen LogP contribution in [0.4, 0.5) is 5.69 Å².